The summed E-state index contributed by atoms with van der Waals surface area (Å²) < 4.78 is 3.95. The normalized spacial score (nSPS) is 13.1. The average molecular weight is 261 g/mol. The van der Waals surface area contributed by atoms with Gasteiger partial charge in [-0.2, -0.15) is 10.2 Å². The first kappa shape index (κ1) is 13.8. The number of nitrogens with zero attached hydrogens (tertiary/aromatic N) is 4. The van der Waals surface area contributed by atoms with Crippen LogP contribution >= 0.6 is 0 Å². The van der Waals surface area contributed by atoms with Gasteiger partial charge in [-0.1, -0.05) is 13.8 Å². The summed E-state index contributed by atoms with van der Waals surface area (Å²) in [5, 5.41) is 8.94. The van der Waals surface area contributed by atoms with Gasteiger partial charge in [0.05, 0.1) is 24.5 Å². The molecule has 2 heterocycles. The third kappa shape index (κ3) is 3.23. The smallest absolute Gasteiger partial charge is 0.0849 e. The van der Waals surface area contributed by atoms with Gasteiger partial charge in [0.1, 0.15) is 0 Å². The van der Waals surface area contributed by atoms with Crippen LogP contribution in [0.25, 0.3) is 0 Å². The molecule has 2 aromatic rings. The Labute approximate surface area is 114 Å². The lowest BCUT2D eigenvalue weighted by Crippen LogP contribution is -2.09. The lowest BCUT2D eigenvalue weighted by molar-refractivity contribution is 0.424. The molecule has 0 aliphatic carbocycles. The summed E-state index contributed by atoms with van der Waals surface area (Å²) in [5.41, 5.74) is 7.92. The standard InChI is InChI=1S/C14H23N5/c1-4-14(5-2)19-7-6-13(17-19)10-18-9-12(8-16-18)11(3)15/h6-9,11,14H,4-5,10,15H2,1-3H3. The Hall–Kier alpha value is -1.62. The molecule has 0 fully saturated rings. The minimum Gasteiger partial charge on any atom is -0.324 e. The molecule has 2 rings (SSSR count). The van der Waals surface area contributed by atoms with Crippen LogP contribution in [0.4, 0.5) is 0 Å². The average Bonchev–Trinajstić information content (AvgIpc) is 3.01. The van der Waals surface area contributed by atoms with Crippen molar-refractivity contribution in [3.63, 3.8) is 0 Å². The molecule has 0 aliphatic heterocycles. The topological polar surface area (TPSA) is 61.7 Å². The van der Waals surface area contributed by atoms with E-state index in [1.807, 2.05) is 24.0 Å². The van der Waals surface area contributed by atoms with Crippen LogP contribution in [0, 0.1) is 0 Å². The van der Waals surface area contributed by atoms with E-state index in [1.54, 1.807) is 0 Å². The molecule has 0 aliphatic rings. The highest BCUT2D eigenvalue weighted by molar-refractivity contribution is 5.10. The maximum Gasteiger partial charge on any atom is 0.0849 e. The second-order valence-corrected chi connectivity index (χ2v) is 5.02. The Balaban J connectivity index is 2.06. The Kier molecular flexibility index (Phi) is 4.37. The third-order valence-corrected chi connectivity index (χ3v) is 3.48. The quantitative estimate of drug-likeness (QED) is 0.869. The van der Waals surface area contributed by atoms with Crippen LogP contribution in [0.1, 0.15) is 57.0 Å². The predicted molar refractivity (Wildman–Crippen MR) is 75.8 cm³/mol. The Morgan fingerprint density at radius 3 is 2.63 bits per heavy atom. The van der Waals surface area contributed by atoms with Crippen LogP contribution in [0.2, 0.25) is 0 Å². The molecule has 0 amide bonds. The van der Waals surface area contributed by atoms with Crippen molar-refractivity contribution < 1.29 is 0 Å². The number of hydrogen-bond acceptors (Lipinski definition) is 3. The van der Waals surface area contributed by atoms with E-state index in [2.05, 4.69) is 41.0 Å². The molecule has 0 radical (unpaired) electrons. The van der Waals surface area contributed by atoms with Crippen molar-refractivity contribution in [1.29, 1.82) is 0 Å². The van der Waals surface area contributed by atoms with Crippen LogP contribution in [0.5, 0.6) is 0 Å². The zero-order chi connectivity index (χ0) is 13.8. The lowest BCUT2D eigenvalue weighted by atomic mass is 10.2. The van der Waals surface area contributed by atoms with Crippen molar-refractivity contribution in [3.8, 4) is 0 Å². The Morgan fingerprint density at radius 1 is 1.32 bits per heavy atom. The Morgan fingerprint density at radius 2 is 2.05 bits per heavy atom. The van der Waals surface area contributed by atoms with E-state index in [1.165, 1.54) is 0 Å². The fraction of sp³-hybridized carbons (Fsp3) is 0.571. The van der Waals surface area contributed by atoms with Gasteiger partial charge in [0.25, 0.3) is 0 Å². The van der Waals surface area contributed by atoms with Crippen LogP contribution in [-0.4, -0.2) is 19.6 Å². The largest absolute Gasteiger partial charge is 0.324 e. The van der Waals surface area contributed by atoms with Gasteiger partial charge < -0.3 is 5.73 Å². The van der Waals surface area contributed by atoms with E-state index >= 15 is 0 Å². The third-order valence-electron chi connectivity index (χ3n) is 3.48. The first-order valence-electron chi connectivity index (χ1n) is 6.96. The van der Waals surface area contributed by atoms with E-state index in [-0.39, 0.29) is 6.04 Å². The molecule has 2 aromatic heterocycles. The van der Waals surface area contributed by atoms with Gasteiger partial charge in [-0.05, 0) is 25.8 Å². The van der Waals surface area contributed by atoms with Gasteiger partial charge in [0.15, 0.2) is 0 Å². The van der Waals surface area contributed by atoms with Gasteiger partial charge in [-0.3, -0.25) is 9.36 Å². The summed E-state index contributed by atoms with van der Waals surface area (Å²) in [6.07, 6.45) is 8.08. The fourth-order valence-electron chi connectivity index (χ4n) is 2.20. The zero-order valence-corrected chi connectivity index (χ0v) is 12.0. The molecule has 5 nitrogen and oxygen atoms in total. The minimum atomic E-state index is 0.0240. The van der Waals surface area contributed by atoms with Crippen molar-refractivity contribution in [3.05, 3.63) is 35.9 Å². The number of aromatic nitrogens is 4. The van der Waals surface area contributed by atoms with Crippen molar-refractivity contribution in [1.82, 2.24) is 19.6 Å². The molecular formula is C14H23N5. The van der Waals surface area contributed by atoms with E-state index in [4.69, 9.17) is 5.73 Å². The summed E-state index contributed by atoms with van der Waals surface area (Å²) in [6.45, 7) is 7.04. The fourth-order valence-corrected chi connectivity index (χ4v) is 2.20. The van der Waals surface area contributed by atoms with E-state index in [0.29, 0.717) is 12.6 Å². The summed E-state index contributed by atoms with van der Waals surface area (Å²) in [6, 6.07) is 2.58. The zero-order valence-electron chi connectivity index (χ0n) is 12.0. The van der Waals surface area contributed by atoms with Crippen molar-refractivity contribution in [2.45, 2.75) is 52.2 Å². The van der Waals surface area contributed by atoms with Gasteiger partial charge in [0.2, 0.25) is 0 Å². The molecule has 1 unspecified atom stereocenters. The van der Waals surface area contributed by atoms with Crippen molar-refractivity contribution in [2.75, 3.05) is 0 Å². The second-order valence-electron chi connectivity index (χ2n) is 5.02. The molecule has 104 valence electrons. The summed E-state index contributed by atoms with van der Waals surface area (Å²) >= 11 is 0. The molecule has 0 aromatic carbocycles. The van der Waals surface area contributed by atoms with Crippen LogP contribution < -0.4 is 5.73 Å². The first-order valence-corrected chi connectivity index (χ1v) is 6.96. The molecular weight excluding hydrogens is 238 g/mol. The highest BCUT2D eigenvalue weighted by atomic mass is 15.3. The van der Waals surface area contributed by atoms with Crippen molar-refractivity contribution >= 4 is 0 Å². The Bertz CT molecular complexity index is 507. The molecule has 0 spiro atoms. The lowest BCUT2D eigenvalue weighted by Gasteiger charge is -2.12. The number of nitrogens with two attached hydrogens (primary N) is 1. The molecule has 5 heteroatoms. The predicted octanol–water partition coefficient (Wildman–Crippen LogP) is 2.51. The number of hydrogen-bond donors (Lipinski definition) is 1. The SMILES string of the molecule is CCC(CC)n1ccc(Cn2cc(C(C)N)cn2)n1. The summed E-state index contributed by atoms with van der Waals surface area (Å²) in [7, 11) is 0. The van der Waals surface area contributed by atoms with Gasteiger partial charge >= 0.3 is 0 Å². The molecule has 0 saturated heterocycles. The van der Waals surface area contributed by atoms with Crippen LogP contribution in [-0.2, 0) is 6.54 Å². The van der Waals surface area contributed by atoms with E-state index < -0.39 is 0 Å². The molecule has 0 bridgehead atoms. The maximum atomic E-state index is 5.83. The van der Waals surface area contributed by atoms with E-state index in [0.717, 1.165) is 24.1 Å². The van der Waals surface area contributed by atoms with Gasteiger partial charge in [0, 0.05) is 24.0 Å². The number of rotatable bonds is 6. The van der Waals surface area contributed by atoms with Gasteiger partial charge in [-0.15, -0.1) is 0 Å². The molecule has 1 atom stereocenters. The van der Waals surface area contributed by atoms with Crippen LogP contribution in [0.3, 0.4) is 0 Å². The highest BCUT2D eigenvalue weighted by Crippen LogP contribution is 2.15. The van der Waals surface area contributed by atoms with Crippen LogP contribution in [0.15, 0.2) is 24.7 Å². The minimum absolute atomic E-state index is 0.0240. The first-order chi connectivity index (χ1) is 9.13. The monoisotopic (exact) mass is 261 g/mol. The van der Waals surface area contributed by atoms with E-state index in [9.17, 15) is 0 Å². The molecule has 19 heavy (non-hydrogen) atoms. The molecule has 2 N–H and O–H groups in total. The maximum absolute atomic E-state index is 5.83. The van der Waals surface area contributed by atoms with Gasteiger partial charge in [-0.25, -0.2) is 0 Å². The molecule has 0 saturated carbocycles. The second kappa shape index (κ2) is 6.02. The summed E-state index contributed by atoms with van der Waals surface area (Å²) in [5.74, 6) is 0. The highest BCUT2D eigenvalue weighted by Gasteiger charge is 2.09. The summed E-state index contributed by atoms with van der Waals surface area (Å²) in [4.78, 5) is 0. The van der Waals surface area contributed by atoms with Crippen molar-refractivity contribution in [2.24, 2.45) is 5.73 Å².